The second-order valence-corrected chi connectivity index (χ2v) is 10.5. The van der Waals surface area contributed by atoms with Gasteiger partial charge < -0.3 is 0 Å². The minimum Gasteiger partial charge on any atom is -0.123 e. The Morgan fingerprint density at radius 2 is 0.800 bits per heavy atom. The minimum absolute atomic E-state index is 0.0586. The third-order valence-corrected chi connectivity index (χ3v) is 8.37. The predicted octanol–water partition coefficient (Wildman–Crippen LogP) is 8.81. The van der Waals surface area contributed by atoms with Gasteiger partial charge in [-0.3, -0.25) is 0 Å². The molecular formula is C38H28N2+2. The Kier molecular flexibility index (Phi) is 5.14. The third-order valence-electron chi connectivity index (χ3n) is 8.37. The van der Waals surface area contributed by atoms with Crippen molar-refractivity contribution in [3.63, 3.8) is 0 Å². The Balaban J connectivity index is 1.46. The first-order valence-corrected chi connectivity index (χ1v) is 14.0. The van der Waals surface area contributed by atoms with Crippen molar-refractivity contribution in [3.05, 3.63) is 157 Å². The number of nitrogens with zero attached hydrogens (tertiary/aromatic N) is 2. The van der Waals surface area contributed by atoms with Crippen molar-refractivity contribution in [2.24, 2.45) is 0 Å². The summed E-state index contributed by atoms with van der Waals surface area (Å²) in [6, 6.07) is 52.6. The molecule has 0 bridgehead atoms. The van der Waals surface area contributed by atoms with E-state index in [4.69, 9.17) is 0 Å². The van der Waals surface area contributed by atoms with Gasteiger partial charge in [0, 0.05) is 17.5 Å². The number of fused-ring (bicyclic) bond motifs is 3. The molecule has 1 aliphatic heterocycles. The Bertz CT molecular complexity index is 1860. The van der Waals surface area contributed by atoms with Crippen molar-refractivity contribution in [3.8, 4) is 22.3 Å². The van der Waals surface area contributed by atoms with Crippen LogP contribution in [-0.4, -0.2) is 26.7 Å². The van der Waals surface area contributed by atoms with E-state index in [0.29, 0.717) is 0 Å². The van der Waals surface area contributed by atoms with Crippen LogP contribution in [-0.2, 0) is 0 Å². The van der Waals surface area contributed by atoms with Crippen LogP contribution in [0.3, 0.4) is 0 Å². The van der Waals surface area contributed by atoms with Gasteiger partial charge in [0.2, 0.25) is 11.4 Å². The first-order chi connectivity index (χ1) is 19.8. The maximum atomic E-state index is 2.56. The number of para-hydroxylation sites is 2. The van der Waals surface area contributed by atoms with E-state index in [1.54, 1.807) is 0 Å². The molecule has 1 heterocycles. The Hall–Kier alpha value is -5.08. The zero-order valence-corrected chi connectivity index (χ0v) is 22.3. The summed E-state index contributed by atoms with van der Waals surface area (Å²) in [6.07, 6.45) is 0.0586. The van der Waals surface area contributed by atoms with Gasteiger partial charge in [0.1, 0.15) is 0 Å². The van der Waals surface area contributed by atoms with Crippen molar-refractivity contribution >= 4 is 33.6 Å². The first-order valence-electron chi connectivity index (χ1n) is 14.0. The van der Waals surface area contributed by atoms with Crippen molar-refractivity contribution in [1.29, 1.82) is 0 Å². The van der Waals surface area contributed by atoms with Gasteiger partial charge in [-0.25, -0.2) is 0 Å². The molecule has 8 rings (SSSR count). The lowest BCUT2D eigenvalue weighted by Crippen LogP contribution is -2.27. The largest absolute Gasteiger partial charge is 0.351 e. The summed E-state index contributed by atoms with van der Waals surface area (Å²) < 4.78 is 5.13. The van der Waals surface area contributed by atoms with E-state index in [2.05, 4.69) is 162 Å². The number of benzene rings is 6. The average Bonchev–Trinajstić information content (AvgIpc) is 3.50. The molecule has 2 nitrogen and oxygen atoms in total. The van der Waals surface area contributed by atoms with Crippen molar-refractivity contribution in [1.82, 2.24) is 0 Å². The second-order valence-electron chi connectivity index (χ2n) is 10.5. The molecule has 0 N–H and O–H groups in total. The van der Waals surface area contributed by atoms with Crippen LogP contribution in [0.4, 0.5) is 11.4 Å². The summed E-state index contributed by atoms with van der Waals surface area (Å²) >= 11 is 0. The summed E-state index contributed by atoms with van der Waals surface area (Å²) in [4.78, 5) is 0. The monoisotopic (exact) mass is 512 g/mol. The zero-order chi connectivity index (χ0) is 26.6. The molecule has 2 aliphatic rings. The Labute approximate surface area is 234 Å². The molecule has 188 valence electrons. The van der Waals surface area contributed by atoms with Crippen LogP contribution >= 0.6 is 0 Å². The van der Waals surface area contributed by atoms with E-state index >= 15 is 0 Å². The quantitative estimate of drug-likeness (QED) is 0.208. The highest BCUT2D eigenvalue weighted by Gasteiger charge is 2.53. The molecule has 0 atom stereocenters. The van der Waals surface area contributed by atoms with Gasteiger partial charge in [-0.15, -0.1) is 9.15 Å². The standard InChI is InChI=1S/C38H28N2/c1-26-39(34-24-10-8-20-30(34)27-14-4-2-5-15-27)37-32-22-12-18-29-19-13-23-33(36(29)32)38(37)40(26)35-25-11-9-21-31(35)28-16-6-3-7-17-28/h2-26H,1H3/q+2. The topological polar surface area (TPSA) is 6.02 Å². The highest BCUT2D eigenvalue weighted by molar-refractivity contribution is 6.58. The van der Waals surface area contributed by atoms with Crippen LogP contribution in [0.25, 0.3) is 33.0 Å². The van der Waals surface area contributed by atoms with Crippen molar-refractivity contribution in [2.75, 3.05) is 0 Å². The molecule has 0 saturated heterocycles. The van der Waals surface area contributed by atoms with E-state index in [1.807, 2.05) is 0 Å². The highest BCUT2D eigenvalue weighted by Crippen LogP contribution is 2.42. The van der Waals surface area contributed by atoms with Gasteiger partial charge >= 0.3 is 6.17 Å². The molecule has 40 heavy (non-hydrogen) atoms. The molecule has 0 aromatic heterocycles. The Morgan fingerprint density at radius 1 is 0.400 bits per heavy atom. The molecule has 1 aliphatic carbocycles. The normalized spacial score (nSPS) is 14.3. The van der Waals surface area contributed by atoms with Crippen LogP contribution in [0.1, 0.15) is 18.1 Å². The number of hydrogen-bond acceptors (Lipinski definition) is 0. The summed E-state index contributed by atoms with van der Waals surface area (Å²) in [5.74, 6) is 0. The van der Waals surface area contributed by atoms with Crippen LogP contribution in [0.5, 0.6) is 0 Å². The average molecular weight is 513 g/mol. The predicted molar refractivity (Wildman–Crippen MR) is 165 cm³/mol. The molecule has 0 fully saturated rings. The van der Waals surface area contributed by atoms with Gasteiger partial charge in [0.05, 0.1) is 29.2 Å². The fraction of sp³-hybridized carbons (Fsp3) is 0.0526. The summed E-state index contributed by atoms with van der Waals surface area (Å²) in [6.45, 7) is 2.34. The first kappa shape index (κ1) is 22.9. The maximum absolute atomic E-state index is 2.56. The van der Waals surface area contributed by atoms with E-state index in [1.165, 1.54) is 67.0 Å². The van der Waals surface area contributed by atoms with E-state index in [9.17, 15) is 0 Å². The van der Waals surface area contributed by atoms with Gasteiger partial charge in [0.25, 0.3) is 11.4 Å². The molecule has 6 aromatic carbocycles. The molecule has 6 aromatic rings. The van der Waals surface area contributed by atoms with Gasteiger partial charge in [0.15, 0.2) is 0 Å². The minimum atomic E-state index is 0.0586. The molecule has 0 saturated carbocycles. The number of hydrogen-bond donors (Lipinski definition) is 0. The fourth-order valence-corrected chi connectivity index (χ4v) is 6.70. The summed E-state index contributed by atoms with van der Waals surface area (Å²) in [7, 11) is 0. The van der Waals surface area contributed by atoms with E-state index in [0.717, 1.165) is 0 Å². The SMILES string of the molecule is CC1[N+](c2ccccc2-c2ccccc2)=C2C(=[N+]1c1ccccc1-c1ccccc1)c1cccc3cccc2c13. The molecule has 0 unspecified atom stereocenters. The van der Waals surface area contributed by atoms with Gasteiger partial charge in [-0.05, 0) is 40.8 Å². The van der Waals surface area contributed by atoms with Gasteiger partial charge in [-0.1, -0.05) is 109 Å². The Morgan fingerprint density at radius 3 is 1.27 bits per heavy atom. The fourth-order valence-electron chi connectivity index (χ4n) is 6.70. The lowest BCUT2D eigenvalue weighted by Gasteiger charge is -2.13. The van der Waals surface area contributed by atoms with E-state index in [-0.39, 0.29) is 6.17 Å². The second kappa shape index (κ2) is 9.00. The lowest BCUT2D eigenvalue weighted by molar-refractivity contribution is -0.687. The molecule has 0 radical (unpaired) electrons. The molecular weight excluding hydrogens is 484 g/mol. The van der Waals surface area contributed by atoms with Crippen LogP contribution in [0, 0.1) is 0 Å². The highest BCUT2D eigenvalue weighted by atomic mass is 15.3. The third kappa shape index (κ3) is 3.29. The summed E-state index contributed by atoms with van der Waals surface area (Å²) in [5, 5.41) is 2.62. The maximum Gasteiger partial charge on any atom is 0.351 e. The van der Waals surface area contributed by atoms with Crippen molar-refractivity contribution in [2.45, 2.75) is 13.1 Å². The van der Waals surface area contributed by atoms with Crippen molar-refractivity contribution < 1.29 is 9.15 Å². The van der Waals surface area contributed by atoms with Gasteiger partial charge in [-0.2, -0.15) is 0 Å². The van der Waals surface area contributed by atoms with Crippen LogP contribution in [0.2, 0.25) is 0 Å². The molecule has 0 spiro atoms. The zero-order valence-electron chi connectivity index (χ0n) is 22.3. The van der Waals surface area contributed by atoms with Crippen LogP contribution < -0.4 is 0 Å². The van der Waals surface area contributed by atoms with E-state index < -0.39 is 0 Å². The lowest BCUT2D eigenvalue weighted by atomic mass is 10.0. The molecule has 2 heteroatoms. The molecule has 0 amide bonds. The smallest absolute Gasteiger partial charge is 0.123 e. The summed E-state index contributed by atoms with van der Waals surface area (Å²) in [5.41, 5.74) is 12.5. The number of rotatable bonds is 4. The van der Waals surface area contributed by atoms with Crippen LogP contribution in [0.15, 0.2) is 146 Å².